The summed E-state index contributed by atoms with van der Waals surface area (Å²) in [6, 6.07) is 12.8. The van der Waals surface area contributed by atoms with Gasteiger partial charge in [-0.15, -0.1) is 22.7 Å². The number of hydrogen-bond acceptors (Lipinski definition) is 5. The van der Waals surface area contributed by atoms with Crippen molar-refractivity contribution < 1.29 is 8.78 Å². The van der Waals surface area contributed by atoms with E-state index in [2.05, 4.69) is 10.4 Å². The maximum Gasteiger partial charge on any atom is 0.177 e. The average molecular weight is 462 g/mol. The van der Waals surface area contributed by atoms with Crippen molar-refractivity contribution in [3.05, 3.63) is 74.6 Å². The summed E-state index contributed by atoms with van der Waals surface area (Å²) in [6.07, 6.45) is 0. The fourth-order valence-electron chi connectivity index (χ4n) is 4.86. The Balaban J connectivity index is 1.84. The van der Waals surface area contributed by atoms with Gasteiger partial charge in [-0.3, -0.25) is 10.4 Å². The molecule has 0 fully saturated rings. The van der Waals surface area contributed by atoms with Gasteiger partial charge in [0.2, 0.25) is 0 Å². The van der Waals surface area contributed by atoms with E-state index < -0.39 is 0 Å². The third-order valence-corrected chi connectivity index (χ3v) is 8.02. The Labute approximate surface area is 189 Å². The lowest BCUT2D eigenvalue weighted by Crippen LogP contribution is -2.06. The molecule has 0 atom stereocenters. The molecular formula is C25H17F2N3S2. The number of para-hydroxylation sites is 1. The molecule has 6 aromatic rings. The van der Waals surface area contributed by atoms with Crippen molar-refractivity contribution >= 4 is 70.1 Å². The molecule has 32 heavy (non-hydrogen) atoms. The molecule has 0 bridgehead atoms. The van der Waals surface area contributed by atoms with Gasteiger partial charge >= 0.3 is 0 Å². The highest BCUT2D eigenvalue weighted by Crippen LogP contribution is 2.42. The Morgan fingerprint density at radius 3 is 1.84 bits per heavy atom. The summed E-state index contributed by atoms with van der Waals surface area (Å²) >= 11 is 2.28. The molecule has 0 saturated carbocycles. The van der Waals surface area contributed by atoms with Gasteiger partial charge in [0.25, 0.3) is 0 Å². The van der Waals surface area contributed by atoms with Crippen LogP contribution < -0.4 is 16.1 Å². The lowest BCUT2D eigenvalue weighted by atomic mass is 9.98. The van der Waals surface area contributed by atoms with Gasteiger partial charge in [0, 0.05) is 48.8 Å². The van der Waals surface area contributed by atoms with E-state index in [1.165, 1.54) is 0 Å². The highest BCUT2D eigenvalue weighted by Gasteiger charge is 2.24. The second-order valence-corrected chi connectivity index (χ2v) is 9.85. The summed E-state index contributed by atoms with van der Waals surface area (Å²) < 4.78 is 30.4. The largest absolute Gasteiger partial charge is 0.287 e. The second kappa shape index (κ2) is 6.92. The number of nitrogens with zero attached hydrogens (tertiary/aromatic N) is 2. The van der Waals surface area contributed by atoms with Crippen molar-refractivity contribution in [3.63, 3.8) is 0 Å². The Kier molecular flexibility index (Phi) is 4.22. The third-order valence-electron chi connectivity index (χ3n) is 6.14. The summed E-state index contributed by atoms with van der Waals surface area (Å²) in [5.74, 6) is 0. The van der Waals surface area contributed by atoms with Gasteiger partial charge in [-0.25, -0.2) is 0 Å². The molecule has 4 aromatic carbocycles. The van der Waals surface area contributed by atoms with Gasteiger partial charge in [0.1, 0.15) is 5.36 Å². The fraction of sp³-hybridized carbons (Fsp3) is 0.120. The minimum Gasteiger partial charge on any atom is -0.287 e. The Morgan fingerprint density at radius 2 is 1.28 bits per heavy atom. The number of rotatable bonds is 2. The van der Waals surface area contributed by atoms with Crippen LogP contribution in [0.4, 0.5) is 14.5 Å². The first-order chi connectivity index (χ1) is 15.5. The number of fused-ring (bicyclic) bond motifs is 6. The van der Waals surface area contributed by atoms with Crippen LogP contribution in [0.15, 0.2) is 52.6 Å². The number of anilines is 1. The van der Waals surface area contributed by atoms with Crippen molar-refractivity contribution in [1.29, 1.82) is 0 Å². The van der Waals surface area contributed by atoms with Crippen LogP contribution in [-0.4, -0.2) is 7.05 Å². The van der Waals surface area contributed by atoms with E-state index in [0.29, 0.717) is 5.36 Å². The van der Waals surface area contributed by atoms with Crippen molar-refractivity contribution in [2.45, 2.75) is 13.8 Å². The first kappa shape index (κ1) is 19.5. The van der Waals surface area contributed by atoms with Crippen molar-refractivity contribution in [1.82, 2.24) is 0 Å². The molecule has 0 amide bonds. The van der Waals surface area contributed by atoms with Gasteiger partial charge < -0.3 is 0 Å². The van der Waals surface area contributed by atoms with Crippen molar-refractivity contribution in [3.8, 4) is 0 Å². The summed E-state index contributed by atoms with van der Waals surface area (Å²) in [5, 5.41) is 11.4. The number of hydrogen-bond donors (Lipinski definition) is 1. The van der Waals surface area contributed by atoms with Crippen LogP contribution in [0.1, 0.15) is 11.1 Å². The fourth-order valence-corrected chi connectivity index (χ4v) is 6.84. The molecule has 0 saturated heterocycles. The average Bonchev–Trinajstić information content (AvgIpc) is 3.48. The highest BCUT2D eigenvalue weighted by atomic mass is 32.1. The topological polar surface area (TPSA) is 36.8 Å². The number of halogens is 2. The van der Waals surface area contributed by atoms with Gasteiger partial charge in [-0.2, -0.15) is 13.9 Å². The Hall–Kier alpha value is -3.16. The van der Waals surface area contributed by atoms with Crippen LogP contribution in [0.2, 0.25) is 0 Å². The second-order valence-electron chi connectivity index (χ2n) is 7.85. The van der Waals surface area contributed by atoms with Gasteiger partial charge in [-0.1, -0.05) is 18.2 Å². The first-order valence-electron chi connectivity index (χ1n) is 10.1. The summed E-state index contributed by atoms with van der Waals surface area (Å²) in [5.41, 5.74) is 6.02. The zero-order valence-corrected chi connectivity index (χ0v) is 19.1. The molecule has 3 nitrogen and oxygen atoms in total. The SMILES string of the molecule is C/N=c1\c2cc(F)sc2c2c(C)c3/c(=N/Nc4ccccc4)c4cc(F)sc4c3c(C)c12. The summed E-state index contributed by atoms with van der Waals surface area (Å²) in [7, 11) is 1.73. The zero-order chi connectivity index (χ0) is 22.1. The van der Waals surface area contributed by atoms with E-state index in [1.54, 1.807) is 19.2 Å². The number of nitrogens with one attached hydrogen (secondary N) is 1. The molecule has 0 radical (unpaired) electrons. The maximum atomic E-state index is 14.4. The minimum absolute atomic E-state index is 0.222. The lowest BCUT2D eigenvalue weighted by molar-refractivity contribution is 0.658. The summed E-state index contributed by atoms with van der Waals surface area (Å²) in [6.45, 7) is 4.09. The van der Waals surface area contributed by atoms with Crippen molar-refractivity contribution in [2.75, 3.05) is 12.5 Å². The van der Waals surface area contributed by atoms with E-state index in [4.69, 9.17) is 5.10 Å². The first-order valence-corrected chi connectivity index (χ1v) is 11.8. The maximum absolute atomic E-state index is 14.4. The van der Waals surface area contributed by atoms with Gasteiger partial charge in [0.15, 0.2) is 10.3 Å². The molecule has 0 unspecified atom stereocenters. The van der Waals surface area contributed by atoms with E-state index in [0.717, 1.165) is 86.6 Å². The molecule has 6 rings (SSSR count). The predicted molar refractivity (Wildman–Crippen MR) is 131 cm³/mol. The molecule has 2 heterocycles. The van der Waals surface area contributed by atoms with E-state index in [1.807, 2.05) is 44.2 Å². The molecule has 0 spiro atoms. The van der Waals surface area contributed by atoms with Crippen LogP contribution in [-0.2, 0) is 0 Å². The summed E-state index contributed by atoms with van der Waals surface area (Å²) in [4.78, 5) is 4.51. The van der Waals surface area contributed by atoms with E-state index in [-0.39, 0.29) is 10.3 Å². The van der Waals surface area contributed by atoms with Crippen LogP contribution in [0.25, 0.3) is 41.7 Å². The molecule has 2 aromatic heterocycles. The zero-order valence-electron chi connectivity index (χ0n) is 17.5. The lowest BCUT2D eigenvalue weighted by Gasteiger charge is -2.07. The van der Waals surface area contributed by atoms with Crippen LogP contribution >= 0.6 is 22.7 Å². The number of benzene rings is 2. The molecule has 1 N–H and O–H groups in total. The predicted octanol–water partition coefficient (Wildman–Crippen LogP) is 6.65. The third kappa shape index (κ3) is 2.55. The Morgan fingerprint density at radius 1 is 0.750 bits per heavy atom. The molecule has 7 heteroatoms. The normalized spacial score (nSPS) is 13.5. The molecule has 0 aliphatic heterocycles. The molecule has 0 aliphatic carbocycles. The van der Waals surface area contributed by atoms with Crippen LogP contribution in [0.5, 0.6) is 0 Å². The quantitative estimate of drug-likeness (QED) is 0.288. The smallest absolute Gasteiger partial charge is 0.177 e. The standard InChI is InChI=1S/C25H17F2N3S2/c1-11-18-20(24-14(22(18)28-3)9-16(26)31-24)12(2)19-21(11)25-15(10-17(27)32-25)23(19)30-29-13-7-5-4-6-8-13/h4-10,29H,1-3H3/b28-22+,30-23+. The minimum atomic E-state index is -0.240. The monoisotopic (exact) mass is 461 g/mol. The van der Waals surface area contributed by atoms with Crippen LogP contribution in [0, 0.1) is 24.1 Å². The number of aryl methyl sites for hydroxylation is 2. The molecule has 158 valence electrons. The van der Waals surface area contributed by atoms with E-state index in [9.17, 15) is 8.78 Å². The van der Waals surface area contributed by atoms with Gasteiger partial charge in [-0.05, 0) is 49.2 Å². The van der Waals surface area contributed by atoms with Gasteiger partial charge in [0.05, 0.1) is 11.0 Å². The highest BCUT2D eigenvalue weighted by molar-refractivity contribution is 7.19. The molecular weight excluding hydrogens is 444 g/mol. The Bertz CT molecular complexity index is 1800. The van der Waals surface area contributed by atoms with Crippen molar-refractivity contribution in [2.24, 2.45) is 10.1 Å². The molecule has 0 aliphatic rings. The number of thiophene rings is 2. The van der Waals surface area contributed by atoms with Crippen LogP contribution in [0.3, 0.4) is 0 Å². The van der Waals surface area contributed by atoms with E-state index >= 15 is 0 Å².